The predicted octanol–water partition coefficient (Wildman–Crippen LogP) is 0.154. The van der Waals surface area contributed by atoms with E-state index in [1.165, 1.54) is 24.3 Å². The second kappa shape index (κ2) is 5.47. The lowest BCUT2D eigenvalue weighted by molar-refractivity contribution is -0.120. The summed E-state index contributed by atoms with van der Waals surface area (Å²) >= 11 is 0. The van der Waals surface area contributed by atoms with Gasteiger partial charge < -0.3 is 10.6 Å². The van der Waals surface area contributed by atoms with Gasteiger partial charge in [-0.3, -0.25) is 14.9 Å². The summed E-state index contributed by atoms with van der Waals surface area (Å²) in [5, 5.41) is 7.11. The van der Waals surface area contributed by atoms with Gasteiger partial charge in [-0.2, -0.15) is 0 Å². The third-order valence-corrected chi connectivity index (χ3v) is 2.68. The fraction of sp³-hybridized carbons (Fsp3) is 0.250. The molecule has 0 bridgehead atoms. The van der Waals surface area contributed by atoms with Crippen LogP contribution in [0.1, 0.15) is 16.8 Å². The molecular weight excluding hydrogens is 253 g/mol. The second-order valence-corrected chi connectivity index (χ2v) is 4.07. The molecule has 1 aliphatic heterocycles. The van der Waals surface area contributed by atoms with Gasteiger partial charge in [0.15, 0.2) is 0 Å². The van der Waals surface area contributed by atoms with E-state index in [1.807, 2.05) is 0 Å². The van der Waals surface area contributed by atoms with Gasteiger partial charge in [0.05, 0.1) is 0 Å². The second-order valence-electron chi connectivity index (χ2n) is 4.07. The molecule has 100 valence electrons. The van der Waals surface area contributed by atoms with Gasteiger partial charge in [0.2, 0.25) is 0 Å². The first kappa shape index (κ1) is 13.0. The van der Waals surface area contributed by atoms with Crippen molar-refractivity contribution in [1.82, 2.24) is 16.0 Å². The predicted molar refractivity (Wildman–Crippen MR) is 63.8 cm³/mol. The molecule has 19 heavy (non-hydrogen) atoms. The van der Waals surface area contributed by atoms with Gasteiger partial charge in [0, 0.05) is 12.1 Å². The Morgan fingerprint density at radius 1 is 1.26 bits per heavy atom. The minimum absolute atomic E-state index is 0.231. The lowest BCUT2D eigenvalue weighted by Gasteiger charge is -2.08. The minimum Gasteiger partial charge on any atom is -0.352 e. The molecule has 1 fully saturated rings. The number of hydrogen-bond donors (Lipinski definition) is 3. The number of urea groups is 1. The maximum Gasteiger partial charge on any atom is 0.322 e. The number of rotatable bonds is 4. The molecule has 1 unspecified atom stereocenters. The first-order valence-corrected chi connectivity index (χ1v) is 5.71. The third kappa shape index (κ3) is 3.27. The van der Waals surface area contributed by atoms with Crippen LogP contribution in [0.15, 0.2) is 24.3 Å². The number of hydrogen-bond acceptors (Lipinski definition) is 3. The SMILES string of the molecule is O=C1NC(=O)C(CCNC(=O)c2ccc(F)cc2)N1. The Hall–Kier alpha value is -2.44. The lowest BCUT2D eigenvalue weighted by atomic mass is 10.2. The summed E-state index contributed by atoms with van der Waals surface area (Å²) in [6.07, 6.45) is 0.296. The van der Waals surface area contributed by atoms with Gasteiger partial charge >= 0.3 is 6.03 Å². The van der Waals surface area contributed by atoms with Crippen molar-refractivity contribution in [2.45, 2.75) is 12.5 Å². The van der Waals surface area contributed by atoms with E-state index in [1.54, 1.807) is 0 Å². The highest BCUT2D eigenvalue weighted by molar-refractivity contribution is 6.04. The Morgan fingerprint density at radius 3 is 2.53 bits per heavy atom. The number of halogens is 1. The minimum atomic E-state index is -0.624. The maximum atomic E-state index is 12.7. The molecule has 6 nitrogen and oxygen atoms in total. The molecule has 3 N–H and O–H groups in total. The molecule has 0 saturated carbocycles. The molecule has 1 saturated heterocycles. The summed E-state index contributed by atoms with van der Waals surface area (Å²) in [4.78, 5) is 33.7. The molecule has 1 atom stereocenters. The van der Waals surface area contributed by atoms with Crippen molar-refractivity contribution in [2.75, 3.05) is 6.54 Å². The maximum absolute atomic E-state index is 12.7. The molecule has 4 amide bonds. The highest BCUT2D eigenvalue weighted by atomic mass is 19.1. The van der Waals surface area contributed by atoms with Crippen molar-refractivity contribution >= 4 is 17.8 Å². The van der Waals surface area contributed by atoms with Crippen LogP contribution in [0, 0.1) is 5.82 Å². The van der Waals surface area contributed by atoms with Crippen molar-refractivity contribution < 1.29 is 18.8 Å². The molecular formula is C12H12FN3O3. The molecule has 1 heterocycles. The van der Waals surface area contributed by atoms with Crippen LogP contribution in [0.5, 0.6) is 0 Å². The standard InChI is InChI=1S/C12H12FN3O3/c13-8-3-1-7(2-4-8)10(17)14-6-5-9-11(18)16-12(19)15-9/h1-4,9H,5-6H2,(H,14,17)(H2,15,16,18,19). The fourth-order valence-corrected chi connectivity index (χ4v) is 1.70. The van der Waals surface area contributed by atoms with Crippen LogP contribution < -0.4 is 16.0 Å². The zero-order valence-electron chi connectivity index (χ0n) is 9.90. The Labute approximate surface area is 108 Å². The summed E-state index contributed by atoms with van der Waals surface area (Å²) in [6.45, 7) is 0.231. The first-order valence-electron chi connectivity index (χ1n) is 5.71. The van der Waals surface area contributed by atoms with E-state index >= 15 is 0 Å². The number of nitrogens with one attached hydrogen (secondary N) is 3. The van der Waals surface area contributed by atoms with E-state index in [9.17, 15) is 18.8 Å². The molecule has 1 aromatic rings. The van der Waals surface area contributed by atoms with Crippen molar-refractivity contribution in [3.8, 4) is 0 Å². The summed E-state index contributed by atoms with van der Waals surface area (Å²) < 4.78 is 12.7. The van der Waals surface area contributed by atoms with Crippen LogP contribution in [0.25, 0.3) is 0 Å². The van der Waals surface area contributed by atoms with Crippen LogP contribution in [-0.4, -0.2) is 30.4 Å². The highest BCUT2D eigenvalue weighted by Gasteiger charge is 2.28. The lowest BCUT2D eigenvalue weighted by Crippen LogP contribution is -2.34. The number of carbonyl (C=O) groups excluding carboxylic acids is 3. The molecule has 0 spiro atoms. The Balaban J connectivity index is 1.79. The average molecular weight is 265 g/mol. The summed E-state index contributed by atoms with van der Waals surface area (Å²) in [7, 11) is 0. The van der Waals surface area contributed by atoms with Gasteiger partial charge in [-0.05, 0) is 30.7 Å². The highest BCUT2D eigenvalue weighted by Crippen LogP contribution is 2.03. The molecule has 7 heteroatoms. The number of carbonyl (C=O) groups is 3. The van der Waals surface area contributed by atoms with Gasteiger partial charge in [0.1, 0.15) is 11.9 Å². The fourth-order valence-electron chi connectivity index (χ4n) is 1.70. The van der Waals surface area contributed by atoms with E-state index in [0.717, 1.165) is 0 Å². The van der Waals surface area contributed by atoms with Crippen molar-refractivity contribution in [1.29, 1.82) is 0 Å². The first-order chi connectivity index (χ1) is 9.06. The Morgan fingerprint density at radius 2 is 1.95 bits per heavy atom. The smallest absolute Gasteiger partial charge is 0.322 e. The summed E-state index contributed by atoms with van der Waals surface area (Å²) in [5.74, 6) is -1.17. The van der Waals surface area contributed by atoms with Crippen LogP contribution in [0.4, 0.5) is 9.18 Å². The topological polar surface area (TPSA) is 87.3 Å². The van der Waals surface area contributed by atoms with Crippen molar-refractivity contribution in [3.63, 3.8) is 0 Å². The molecule has 1 aliphatic rings. The number of amides is 4. The van der Waals surface area contributed by atoms with E-state index < -0.39 is 23.8 Å². The molecule has 0 aromatic heterocycles. The largest absolute Gasteiger partial charge is 0.352 e. The van der Waals surface area contributed by atoms with E-state index in [-0.39, 0.29) is 12.5 Å². The third-order valence-electron chi connectivity index (χ3n) is 2.68. The Bertz CT molecular complexity index is 515. The van der Waals surface area contributed by atoms with Gasteiger partial charge in [-0.25, -0.2) is 9.18 Å². The van der Waals surface area contributed by atoms with Gasteiger partial charge in [0.25, 0.3) is 11.8 Å². The molecule has 2 rings (SSSR count). The zero-order chi connectivity index (χ0) is 13.8. The van der Waals surface area contributed by atoms with Gasteiger partial charge in [-0.15, -0.1) is 0 Å². The van der Waals surface area contributed by atoms with E-state index in [2.05, 4.69) is 16.0 Å². The van der Waals surface area contributed by atoms with Crippen molar-refractivity contribution in [2.24, 2.45) is 0 Å². The number of benzene rings is 1. The quantitative estimate of drug-likeness (QED) is 0.677. The van der Waals surface area contributed by atoms with Crippen LogP contribution in [0.2, 0.25) is 0 Å². The monoisotopic (exact) mass is 265 g/mol. The normalized spacial score (nSPS) is 17.8. The molecule has 1 aromatic carbocycles. The van der Waals surface area contributed by atoms with Crippen LogP contribution in [-0.2, 0) is 4.79 Å². The number of imide groups is 1. The van der Waals surface area contributed by atoms with Crippen LogP contribution >= 0.6 is 0 Å². The average Bonchev–Trinajstić information content (AvgIpc) is 2.68. The van der Waals surface area contributed by atoms with Gasteiger partial charge in [-0.1, -0.05) is 0 Å². The van der Waals surface area contributed by atoms with Crippen LogP contribution in [0.3, 0.4) is 0 Å². The Kier molecular flexibility index (Phi) is 3.74. The zero-order valence-corrected chi connectivity index (χ0v) is 9.90. The van der Waals surface area contributed by atoms with E-state index in [0.29, 0.717) is 12.0 Å². The molecule has 0 aliphatic carbocycles. The van der Waals surface area contributed by atoms with E-state index in [4.69, 9.17) is 0 Å². The summed E-state index contributed by atoms with van der Waals surface area (Å²) in [5.41, 5.74) is 0.335. The summed E-state index contributed by atoms with van der Waals surface area (Å²) in [6, 6.07) is 3.98. The van der Waals surface area contributed by atoms with Crippen molar-refractivity contribution in [3.05, 3.63) is 35.6 Å². The molecule has 0 radical (unpaired) electrons.